The molecule has 0 fully saturated rings. The Bertz CT molecular complexity index is 910. The summed E-state index contributed by atoms with van der Waals surface area (Å²) >= 11 is 0. The Balaban J connectivity index is 2.26. The highest BCUT2D eigenvalue weighted by atomic mass is 16.5. The Morgan fingerprint density at radius 3 is 2.61 bits per heavy atom. The number of hydrogen-bond donors (Lipinski definition) is 2. The summed E-state index contributed by atoms with van der Waals surface area (Å²) in [6, 6.07) is 5.82. The molecule has 0 amide bonds. The van der Waals surface area contributed by atoms with Gasteiger partial charge in [0.15, 0.2) is 0 Å². The SMILES string of the molecule is CCOC(=O)CC1(C)c2ccc(C)cc2-c2[nH]c(=O)c(=O)[nH]c21. The van der Waals surface area contributed by atoms with Gasteiger partial charge in [-0.1, -0.05) is 17.7 Å². The minimum Gasteiger partial charge on any atom is -0.466 e. The lowest BCUT2D eigenvalue weighted by Crippen LogP contribution is -2.35. The second-order valence-corrected chi connectivity index (χ2v) is 6.02. The summed E-state index contributed by atoms with van der Waals surface area (Å²) < 4.78 is 5.07. The Kier molecular flexibility index (Phi) is 3.47. The first kappa shape index (κ1) is 15.3. The van der Waals surface area contributed by atoms with E-state index in [1.165, 1.54) is 0 Å². The van der Waals surface area contributed by atoms with Gasteiger partial charge in [-0.25, -0.2) is 0 Å². The third kappa shape index (κ3) is 2.30. The second-order valence-electron chi connectivity index (χ2n) is 6.02. The maximum Gasteiger partial charge on any atom is 0.314 e. The van der Waals surface area contributed by atoms with E-state index in [9.17, 15) is 14.4 Å². The first-order valence-corrected chi connectivity index (χ1v) is 7.51. The number of carbonyl (C=O) groups excluding carboxylic acids is 1. The van der Waals surface area contributed by atoms with Crippen LogP contribution in [0.25, 0.3) is 11.3 Å². The van der Waals surface area contributed by atoms with Crippen molar-refractivity contribution in [3.8, 4) is 11.3 Å². The van der Waals surface area contributed by atoms with Crippen molar-refractivity contribution in [2.75, 3.05) is 6.61 Å². The molecule has 1 heterocycles. The van der Waals surface area contributed by atoms with Gasteiger partial charge in [0.25, 0.3) is 0 Å². The highest BCUT2D eigenvalue weighted by molar-refractivity contribution is 5.81. The Labute approximate surface area is 132 Å². The van der Waals surface area contributed by atoms with Crippen LogP contribution in [0.3, 0.4) is 0 Å². The number of esters is 1. The average Bonchev–Trinajstić information content (AvgIpc) is 2.69. The Hall–Kier alpha value is -2.63. The molecule has 1 unspecified atom stereocenters. The molecule has 3 rings (SSSR count). The number of hydrogen-bond acceptors (Lipinski definition) is 4. The predicted molar refractivity (Wildman–Crippen MR) is 85.6 cm³/mol. The van der Waals surface area contributed by atoms with Gasteiger partial charge in [-0.15, -0.1) is 0 Å². The summed E-state index contributed by atoms with van der Waals surface area (Å²) in [6.07, 6.45) is 0.0892. The Morgan fingerprint density at radius 1 is 1.22 bits per heavy atom. The molecular formula is C17H18N2O4. The van der Waals surface area contributed by atoms with Crippen LogP contribution in [0.4, 0.5) is 0 Å². The van der Waals surface area contributed by atoms with Crippen LogP contribution in [0, 0.1) is 6.92 Å². The monoisotopic (exact) mass is 314 g/mol. The van der Waals surface area contributed by atoms with Crippen LogP contribution in [-0.2, 0) is 14.9 Å². The van der Waals surface area contributed by atoms with E-state index in [-0.39, 0.29) is 12.4 Å². The minimum absolute atomic E-state index is 0.0892. The highest BCUT2D eigenvalue weighted by Crippen LogP contribution is 2.48. The van der Waals surface area contributed by atoms with Gasteiger partial charge in [-0.05, 0) is 32.4 Å². The summed E-state index contributed by atoms with van der Waals surface area (Å²) in [6.45, 7) is 5.87. The number of aryl methyl sites for hydroxylation is 1. The maximum absolute atomic E-state index is 12.1. The molecule has 0 radical (unpaired) electrons. The van der Waals surface area contributed by atoms with Crippen LogP contribution < -0.4 is 11.1 Å². The quantitative estimate of drug-likeness (QED) is 0.665. The van der Waals surface area contributed by atoms with E-state index in [2.05, 4.69) is 9.97 Å². The second kappa shape index (κ2) is 5.22. The van der Waals surface area contributed by atoms with Gasteiger partial charge < -0.3 is 14.7 Å². The van der Waals surface area contributed by atoms with Crippen LogP contribution in [0.5, 0.6) is 0 Å². The molecule has 0 aliphatic heterocycles. The van der Waals surface area contributed by atoms with E-state index in [4.69, 9.17) is 4.74 Å². The highest BCUT2D eigenvalue weighted by Gasteiger charge is 2.43. The van der Waals surface area contributed by atoms with E-state index in [1.54, 1.807) is 6.92 Å². The molecule has 2 N–H and O–H groups in total. The molecule has 2 aromatic rings. The molecular weight excluding hydrogens is 296 g/mol. The first-order chi connectivity index (χ1) is 10.9. The summed E-state index contributed by atoms with van der Waals surface area (Å²) in [5, 5.41) is 0. The van der Waals surface area contributed by atoms with Crippen LogP contribution >= 0.6 is 0 Å². The number of aromatic amines is 2. The zero-order chi connectivity index (χ0) is 16.8. The summed E-state index contributed by atoms with van der Waals surface area (Å²) in [5.74, 6) is -0.346. The van der Waals surface area contributed by atoms with Gasteiger partial charge in [-0.3, -0.25) is 14.4 Å². The third-order valence-electron chi connectivity index (χ3n) is 4.33. The number of H-pyrrole nitrogens is 2. The zero-order valence-corrected chi connectivity index (χ0v) is 13.3. The molecule has 1 aliphatic carbocycles. The van der Waals surface area contributed by atoms with Crippen LogP contribution in [0.15, 0.2) is 27.8 Å². The molecule has 1 aromatic carbocycles. The van der Waals surface area contributed by atoms with Gasteiger partial charge in [0.2, 0.25) is 0 Å². The predicted octanol–water partition coefficient (Wildman–Crippen LogP) is 1.61. The van der Waals surface area contributed by atoms with Gasteiger partial charge >= 0.3 is 17.1 Å². The fraction of sp³-hybridized carbons (Fsp3) is 0.353. The number of rotatable bonds is 3. The van der Waals surface area contributed by atoms with Crippen molar-refractivity contribution in [1.82, 2.24) is 9.97 Å². The topological polar surface area (TPSA) is 92.0 Å². The molecule has 1 aliphatic rings. The van der Waals surface area contributed by atoms with Crippen molar-refractivity contribution in [2.45, 2.75) is 32.6 Å². The number of nitrogens with one attached hydrogen (secondary N) is 2. The normalized spacial score (nSPS) is 18.4. The molecule has 0 bridgehead atoms. The molecule has 6 nitrogen and oxygen atoms in total. The molecule has 0 saturated carbocycles. The standard InChI is InChI=1S/C17H18N2O4/c1-4-23-12(20)8-17(3)11-6-5-9(2)7-10(11)13-14(17)19-16(22)15(21)18-13/h5-7H,4,8H2,1-3H3,(H,18,21)(H,19,22). The molecule has 6 heteroatoms. The number of ether oxygens (including phenoxy) is 1. The van der Waals surface area contributed by atoms with Gasteiger partial charge in [0.1, 0.15) is 0 Å². The number of fused-ring (bicyclic) bond motifs is 3. The third-order valence-corrected chi connectivity index (χ3v) is 4.33. The van der Waals surface area contributed by atoms with E-state index < -0.39 is 16.5 Å². The fourth-order valence-electron chi connectivity index (χ4n) is 3.25. The molecule has 23 heavy (non-hydrogen) atoms. The maximum atomic E-state index is 12.1. The number of benzene rings is 1. The van der Waals surface area contributed by atoms with Gasteiger partial charge in [0.05, 0.1) is 24.4 Å². The summed E-state index contributed by atoms with van der Waals surface area (Å²) in [7, 11) is 0. The lowest BCUT2D eigenvalue weighted by atomic mass is 9.79. The molecule has 1 atom stereocenters. The number of aromatic nitrogens is 2. The van der Waals surface area contributed by atoms with Crippen molar-refractivity contribution in [1.29, 1.82) is 0 Å². The smallest absolute Gasteiger partial charge is 0.314 e. The van der Waals surface area contributed by atoms with Crippen LogP contribution in [0.2, 0.25) is 0 Å². The van der Waals surface area contributed by atoms with E-state index in [1.807, 2.05) is 32.0 Å². The Morgan fingerprint density at radius 2 is 1.91 bits per heavy atom. The summed E-state index contributed by atoms with van der Waals surface area (Å²) in [4.78, 5) is 40.9. The van der Waals surface area contributed by atoms with Crippen molar-refractivity contribution in [3.63, 3.8) is 0 Å². The van der Waals surface area contributed by atoms with E-state index in [0.717, 1.165) is 16.7 Å². The van der Waals surface area contributed by atoms with Crippen molar-refractivity contribution in [3.05, 3.63) is 55.7 Å². The van der Waals surface area contributed by atoms with Gasteiger partial charge in [-0.2, -0.15) is 0 Å². The molecule has 0 spiro atoms. The molecule has 1 aromatic heterocycles. The van der Waals surface area contributed by atoms with Crippen molar-refractivity contribution < 1.29 is 9.53 Å². The molecule has 120 valence electrons. The van der Waals surface area contributed by atoms with E-state index in [0.29, 0.717) is 18.0 Å². The van der Waals surface area contributed by atoms with E-state index >= 15 is 0 Å². The van der Waals surface area contributed by atoms with Gasteiger partial charge in [0, 0.05) is 11.0 Å². The lowest BCUT2D eigenvalue weighted by molar-refractivity contribution is -0.144. The lowest BCUT2D eigenvalue weighted by Gasteiger charge is -2.25. The first-order valence-electron chi connectivity index (χ1n) is 7.51. The van der Waals surface area contributed by atoms with Crippen LogP contribution in [0.1, 0.15) is 37.1 Å². The van der Waals surface area contributed by atoms with Crippen LogP contribution in [-0.4, -0.2) is 22.5 Å². The fourth-order valence-corrected chi connectivity index (χ4v) is 3.25. The van der Waals surface area contributed by atoms with Crippen molar-refractivity contribution >= 4 is 5.97 Å². The largest absolute Gasteiger partial charge is 0.466 e. The van der Waals surface area contributed by atoms with Crippen molar-refractivity contribution in [2.24, 2.45) is 0 Å². The average molecular weight is 314 g/mol. The number of carbonyl (C=O) groups is 1. The minimum atomic E-state index is -0.742. The zero-order valence-electron chi connectivity index (χ0n) is 13.3. The molecule has 0 saturated heterocycles. The summed E-state index contributed by atoms with van der Waals surface area (Å²) in [5.41, 5.74) is 1.72.